The molecule has 100 valence electrons. The summed E-state index contributed by atoms with van der Waals surface area (Å²) in [7, 11) is 0. The molecule has 0 heterocycles. The highest BCUT2D eigenvalue weighted by Crippen LogP contribution is 2.18. The third-order valence-electron chi connectivity index (χ3n) is 3.17. The van der Waals surface area contributed by atoms with Crippen LogP contribution in [0.25, 0.3) is 0 Å². The molecule has 0 radical (unpaired) electrons. The Hall–Kier alpha value is -1.55. The Morgan fingerprint density at radius 1 is 1.44 bits per heavy atom. The second kappa shape index (κ2) is 7.01. The number of hydrogen-bond donors (Lipinski definition) is 3. The number of aliphatic hydroxyl groups excluding tert-OH is 1. The Kier molecular flexibility index (Phi) is 5.65. The van der Waals surface area contributed by atoms with Gasteiger partial charge in [-0.2, -0.15) is 0 Å². The molecule has 0 aliphatic rings. The lowest BCUT2D eigenvalue weighted by molar-refractivity contribution is 0.0697. The number of nitrogens with one attached hydrogen (secondary N) is 1. The fourth-order valence-electron chi connectivity index (χ4n) is 1.88. The van der Waals surface area contributed by atoms with Crippen molar-refractivity contribution in [3.63, 3.8) is 0 Å². The molecule has 1 aromatic rings. The van der Waals surface area contributed by atoms with E-state index in [1.807, 2.05) is 6.92 Å². The molecule has 18 heavy (non-hydrogen) atoms. The van der Waals surface area contributed by atoms with Crippen LogP contribution >= 0.6 is 0 Å². The molecular formula is C14H21NO3. The van der Waals surface area contributed by atoms with Gasteiger partial charge in [0.1, 0.15) is 0 Å². The zero-order valence-electron chi connectivity index (χ0n) is 10.9. The molecule has 0 bridgehead atoms. The zero-order valence-corrected chi connectivity index (χ0v) is 10.9. The fraction of sp³-hybridized carbons (Fsp3) is 0.500. The molecule has 0 spiro atoms. The number of hydrogen-bond acceptors (Lipinski definition) is 3. The van der Waals surface area contributed by atoms with Gasteiger partial charge < -0.3 is 15.5 Å². The second-order valence-electron chi connectivity index (χ2n) is 4.50. The quantitative estimate of drug-likeness (QED) is 0.696. The molecular weight excluding hydrogens is 230 g/mol. The van der Waals surface area contributed by atoms with E-state index in [0.29, 0.717) is 11.5 Å². The molecule has 3 N–H and O–H groups in total. The predicted octanol–water partition coefficient (Wildman–Crippen LogP) is 2.51. The molecule has 4 heteroatoms. The summed E-state index contributed by atoms with van der Waals surface area (Å²) < 4.78 is 0. The number of carboxylic acid groups (broad SMARTS) is 1. The van der Waals surface area contributed by atoms with E-state index in [9.17, 15) is 4.79 Å². The van der Waals surface area contributed by atoms with Crippen molar-refractivity contribution < 1.29 is 15.0 Å². The fourth-order valence-corrected chi connectivity index (χ4v) is 1.88. The van der Waals surface area contributed by atoms with Gasteiger partial charge in [0.05, 0.1) is 5.56 Å². The van der Waals surface area contributed by atoms with Crippen molar-refractivity contribution in [1.29, 1.82) is 0 Å². The summed E-state index contributed by atoms with van der Waals surface area (Å²) in [5.41, 5.74) is 2.19. The van der Waals surface area contributed by atoms with E-state index in [0.717, 1.165) is 30.6 Å². The third kappa shape index (κ3) is 4.04. The van der Waals surface area contributed by atoms with E-state index in [1.54, 1.807) is 18.2 Å². The second-order valence-corrected chi connectivity index (χ2v) is 4.50. The van der Waals surface area contributed by atoms with E-state index >= 15 is 0 Å². The summed E-state index contributed by atoms with van der Waals surface area (Å²) in [6.07, 6.45) is 1.80. The van der Waals surface area contributed by atoms with Crippen LogP contribution in [0.4, 0.5) is 5.69 Å². The van der Waals surface area contributed by atoms with Gasteiger partial charge >= 0.3 is 5.97 Å². The average molecular weight is 251 g/mol. The first kappa shape index (κ1) is 14.5. The number of benzene rings is 1. The minimum atomic E-state index is -0.906. The summed E-state index contributed by atoms with van der Waals surface area (Å²) >= 11 is 0. The van der Waals surface area contributed by atoms with Gasteiger partial charge in [0.2, 0.25) is 0 Å². The van der Waals surface area contributed by atoms with Gasteiger partial charge in [0.15, 0.2) is 0 Å². The Bertz CT molecular complexity index is 404. The van der Waals surface area contributed by atoms with Crippen LogP contribution in [-0.4, -0.2) is 29.3 Å². The van der Waals surface area contributed by atoms with Crippen molar-refractivity contribution in [2.24, 2.45) is 5.92 Å². The number of anilines is 1. The number of carbonyl (C=O) groups is 1. The van der Waals surface area contributed by atoms with Crippen LogP contribution in [0.3, 0.4) is 0 Å². The first-order valence-corrected chi connectivity index (χ1v) is 6.27. The summed E-state index contributed by atoms with van der Waals surface area (Å²) in [4.78, 5) is 10.8. The van der Waals surface area contributed by atoms with Crippen LogP contribution in [0.1, 0.15) is 35.7 Å². The number of aryl methyl sites for hydroxylation is 1. The monoisotopic (exact) mass is 251 g/mol. The minimum absolute atomic E-state index is 0.205. The molecule has 4 nitrogen and oxygen atoms in total. The maximum Gasteiger partial charge on any atom is 0.335 e. The molecule has 0 saturated carbocycles. The molecule has 1 aromatic carbocycles. The van der Waals surface area contributed by atoms with Gasteiger partial charge in [-0.15, -0.1) is 0 Å². The zero-order chi connectivity index (χ0) is 13.5. The molecule has 0 fully saturated rings. The molecule has 1 unspecified atom stereocenters. The molecule has 0 saturated heterocycles. The van der Waals surface area contributed by atoms with Crippen LogP contribution in [0.5, 0.6) is 0 Å². The minimum Gasteiger partial charge on any atom is -0.478 e. The molecule has 1 atom stereocenters. The SMILES string of the molecule is CCC(CCO)CNc1ccc(C(=O)O)cc1C. The van der Waals surface area contributed by atoms with E-state index in [2.05, 4.69) is 12.2 Å². The topological polar surface area (TPSA) is 69.6 Å². The summed E-state index contributed by atoms with van der Waals surface area (Å²) in [5, 5.41) is 21.1. The van der Waals surface area contributed by atoms with Crippen molar-refractivity contribution in [3.8, 4) is 0 Å². The molecule has 0 aromatic heterocycles. The lowest BCUT2D eigenvalue weighted by atomic mass is 10.0. The first-order chi connectivity index (χ1) is 8.58. The van der Waals surface area contributed by atoms with Crippen LogP contribution in [-0.2, 0) is 0 Å². The Labute approximate surface area is 108 Å². The highest BCUT2D eigenvalue weighted by atomic mass is 16.4. The number of aliphatic hydroxyl groups is 1. The Balaban J connectivity index is 2.65. The predicted molar refractivity (Wildman–Crippen MR) is 72.1 cm³/mol. The number of carboxylic acids is 1. The van der Waals surface area contributed by atoms with Gasteiger partial charge in [0.25, 0.3) is 0 Å². The van der Waals surface area contributed by atoms with Gasteiger partial charge in [-0.1, -0.05) is 13.3 Å². The normalized spacial score (nSPS) is 12.2. The molecule has 0 aliphatic carbocycles. The Morgan fingerprint density at radius 3 is 2.67 bits per heavy atom. The van der Waals surface area contributed by atoms with Crippen LogP contribution in [0, 0.1) is 12.8 Å². The van der Waals surface area contributed by atoms with Crippen molar-refractivity contribution in [2.45, 2.75) is 26.7 Å². The number of rotatable bonds is 7. The van der Waals surface area contributed by atoms with Crippen LogP contribution < -0.4 is 5.32 Å². The van der Waals surface area contributed by atoms with Gasteiger partial charge in [-0.3, -0.25) is 0 Å². The van der Waals surface area contributed by atoms with E-state index in [-0.39, 0.29) is 6.61 Å². The van der Waals surface area contributed by atoms with E-state index < -0.39 is 5.97 Å². The van der Waals surface area contributed by atoms with Crippen molar-refractivity contribution in [1.82, 2.24) is 0 Å². The summed E-state index contributed by atoms with van der Waals surface area (Å²) in [6.45, 7) is 4.99. The van der Waals surface area contributed by atoms with Crippen LogP contribution in [0.15, 0.2) is 18.2 Å². The highest BCUT2D eigenvalue weighted by molar-refractivity contribution is 5.88. The maximum absolute atomic E-state index is 10.8. The smallest absolute Gasteiger partial charge is 0.335 e. The summed E-state index contributed by atoms with van der Waals surface area (Å²) in [6, 6.07) is 5.06. The van der Waals surface area contributed by atoms with Gasteiger partial charge in [-0.05, 0) is 43.0 Å². The average Bonchev–Trinajstić information content (AvgIpc) is 2.35. The molecule has 1 rings (SSSR count). The lowest BCUT2D eigenvalue weighted by Crippen LogP contribution is -2.15. The number of aromatic carboxylic acids is 1. The van der Waals surface area contributed by atoms with Crippen LogP contribution in [0.2, 0.25) is 0 Å². The molecule has 0 amide bonds. The largest absolute Gasteiger partial charge is 0.478 e. The van der Waals surface area contributed by atoms with Crippen molar-refractivity contribution >= 4 is 11.7 Å². The third-order valence-corrected chi connectivity index (χ3v) is 3.17. The highest BCUT2D eigenvalue weighted by Gasteiger charge is 2.08. The Morgan fingerprint density at radius 2 is 2.17 bits per heavy atom. The standard InChI is InChI=1S/C14H21NO3/c1-3-11(6-7-16)9-15-13-5-4-12(14(17)18)8-10(13)2/h4-5,8,11,15-16H,3,6-7,9H2,1-2H3,(H,17,18). The van der Waals surface area contributed by atoms with Crippen molar-refractivity contribution in [2.75, 3.05) is 18.5 Å². The maximum atomic E-state index is 10.8. The first-order valence-electron chi connectivity index (χ1n) is 6.27. The molecule has 0 aliphatic heterocycles. The lowest BCUT2D eigenvalue weighted by Gasteiger charge is -2.16. The van der Waals surface area contributed by atoms with E-state index in [1.165, 1.54) is 0 Å². The summed E-state index contributed by atoms with van der Waals surface area (Å²) in [5.74, 6) is -0.468. The van der Waals surface area contributed by atoms with Crippen molar-refractivity contribution in [3.05, 3.63) is 29.3 Å². The van der Waals surface area contributed by atoms with Gasteiger partial charge in [0, 0.05) is 18.8 Å². The van der Waals surface area contributed by atoms with E-state index in [4.69, 9.17) is 10.2 Å². The van der Waals surface area contributed by atoms with Gasteiger partial charge in [-0.25, -0.2) is 4.79 Å².